The van der Waals surface area contributed by atoms with Gasteiger partial charge < -0.3 is 10.6 Å². The summed E-state index contributed by atoms with van der Waals surface area (Å²) in [7, 11) is 0. The van der Waals surface area contributed by atoms with Crippen LogP contribution in [0.25, 0.3) is 0 Å². The summed E-state index contributed by atoms with van der Waals surface area (Å²) in [4.78, 5) is 15.5. The maximum atomic E-state index is 13.5. The van der Waals surface area contributed by atoms with Crippen LogP contribution in [0.5, 0.6) is 0 Å². The van der Waals surface area contributed by atoms with Crippen molar-refractivity contribution in [2.75, 3.05) is 10.6 Å². The minimum absolute atomic E-state index is 0.0604. The molecule has 1 aromatic carbocycles. The fraction of sp³-hybridized carbons (Fsp3) is 0.200. The van der Waals surface area contributed by atoms with Gasteiger partial charge in [-0.2, -0.15) is 0 Å². The molecule has 0 saturated heterocycles. The first-order valence-corrected chi connectivity index (χ1v) is 6.46. The van der Waals surface area contributed by atoms with Gasteiger partial charge in [0, 0.05) is 6.42 Å². The number of carbonyl (C=O) groups is 1. The maximum absolute atomic E-state index is 13.5. The molecule has 0 saturated carbocycles. The van der Waals surface area contributed by atoms with Crippen molar-refractivity contribution in [1.82, 2.24) is 4.98 Å². The summed E-state index contributed by atoms with van der Waals surface area (Å²) >= 11 is 0. The number of hydrogen-bond acceptors (Lipinski definition) is 3. The predicted molar refractivity (Wildman–Crippen MR) is 77.5 cm³/mol. The average molecular weight is 273 g/mol. The van der Waals surface area contributed by atoms with Gasteiger partial charge in [0.15, 0.2) is 0 Å². The largest absolute Gasteiger partial charge is 0.352 e. The highest BCUT2D eigenvalue weighted by molar-refractivity contribution is 5.89. The van der Waals surface area contributed by atoms with Gasteiger partial charge in [-0.3, -0.25) is 4.79 Å². The molecule has 1 aromatic heterocycles. The first-order chi connectivity index (χ1) is 9.69. The Labute approximate surface area is 117 Å². The average Bonchev–Trinajstić information content (AvgIpc) is 2.44. The monoisotopic (exact) mass is 273 g/mol. The maximum Gasteiger partial charge on any atom is 0.225 e. The van der Waals surface area contributed by atoms with Crippen molar-refractivity contribution in [2.24, 2.45) is 0 Å². The molecule has 104 valence electrons. The summed E-state index contributed by atoms with van der Waals surface area (Å²) in [6.45, 7) is 1.94. The second-order valence-electron chi connectivity index (χ2n) is 4.34. The van der Waals surface area contributed by atoms with Gasteiger partial charge in [-0.25, -0.2) is 9.37 Å². The Kier molecular flexibility index (Phi) is 4.65. The third kappa shape index (κ3) is 3.78. The third-order valence-corrected chi connectivity index (χ3v) is 2.66. The summed E-state index contributed by atoms with van der Waals surface area (Å²) in [5.74, 6) is 0.102. The number of rotatable bonds is 5. The molecule has 2 aromatic rings. The molecule has 0 aliphatic carbocycles. The van der Waals surface area contributed by atoms with Gasteiger partial charge in [-0.15, -0.1) is 0 Å². The number of benzene rings is 1. The van der Waals surface area contributed by atoms with Crippen LogP contribution in [0, 0.1) is 5.82 Å². The van der Waals surface area contributed by atoms with Gasteiger partial charge in [0.25, 0.3) is 0 Å². The number of halogens is 1. The van der Waals surface area contributed by atoms with Crippen LogP contribution in [0.2, 0.25) is 0 Å². The number of anilines is 3. The van der Waals surface area contributed by atoms with Crippen LogP contribution in [0.15, 0.2) is 42.6 Å². The van der Waals surface area contributed by atoms with Gasteiger partial charge in [-0.1, -0.05) is 19.1 Å². The molecule has 0 bridgehead atoms. The van der Waals surface area contributed by atoms with Crippen molar-refractivity contribution in [1.29, 1.82) is 0 Å². The summed E-state index contributed by atoms with van der Waals surface area (Å²) in [6.07, 6.45) is 2.81. The number of hydrogen-bond donors (Lipinski definition) is 2. The highest BCUT2D eigenvalue weighted by Crippen LogP contribution is 2.19. The molecular formula is C15H16FN3O. The molecule has 0 aliphatic heterocycles. The minimum Gasteiger partial charge on any atom is -0.352 e. The zero-order chi connectivity index (χ0) is 14.4. The van der Waals surface area contributed by atoms with E-state index in [1.54, 1.807) is 36.5 Å². The molecule has 0 aliphatic rings. The smallest absolute Gasteiger partial charge is 0.225 e. The molecular weight excluding hydrogens is 257 g/mol. The molecule has 20 heavy (non-hydrogen) atoms. The topological polar surface area (TPSA) is 54.0 Å². The van der Waals surface area contributed by atoms with Crippen LogP contribution in [0.4, 0.5) is 21.6 Å². The standard InChI is InChI=1S/C15H16FN3O/c1-2-5-15(20)19-14-9-8-11(10-17-14)18-13-7-4-3-6-12(13)16/h3-4,6-10,18H,2,5H2,1H3,(H,17,19,20). The van der Waals surface area contributed by atoms with E-state index in [1.807, 2.05) is 6.92 Å². The van der Waals surface area contributed by atoms with Crippen LogP contribution in [-0.2, 0) is 4.79 Å². The summed E-state index contributed by atoms with van der Waals surface area (Å²) in [6, 6.07) is 9.82. The molecule has 0 radical (unpaired) electrons. The molecule has 0 spiro atoms. The summed E-state index contributed by atoms with van der Waals surface area (Å²) in [5, 5.41) is 5.62. The lowest BCUT2D eigenvalue weighted by atomic mass is 10.3. The molecule has 4 nitrogen and oxygen atoms in total. The van der Waals surface area contributed by atoms with Crippen molar-refractivity contribution in [3.05, 3.63) is 48.4 Å². The van der Waals surface area contributed by atoms with Gasteiger partial charge in [-0.05, 0) is 30.7 Å². The van der Waals surface area contributed by atoms with Crippen molar-refractivity contribution < 1.29 is 9.18 Å². The zero-order valence-electron chi connectivity index (χ0n) is 11.2. The van der Waals surface area contributed by atoms with Crippen LogP contribution in [0.3, 0.4) is 0 Å². The third-order valence-electron chi connectivity index (χ3n) is 2.66. The Morgan fingerprint density at radius 1 is 1.25 bits per heavy atom. The highest BCUT2D eigenvalue weighted by atomic mass is 19.1. The number of pyridine rings is 1. The second kappa shape index (κ2) is 6.65. The van der Waals surface area contributed by atoms with E-state index < -0.39 is 0 Å². The van der Waals surface area contributed by atoms with Gasteiger partial charge in [0.1, 0.15) is 11.6 Å². The van der Waals surface area contributed by atoms with Gasteiger partial charge in [0.2, 0.25) is 5.91 Å². The molecule has 1 amide bonds. The number of carbonyl (C=O) groups excluding carboxylic acids is 1. The van der Waals surface area contributed by atoms with Gasteiger partial charge in [0.05, 0.1) is 17.6 Å². The number of aromatic nitrogens is 1. The van der Waals surface area contributed by atoms with E-state index in [-0.39, 0.29) is 11.7 Å². The lowest BCUT2D eigenvalue weighted by Gasteiger charge is -2.08. The van der Waals surface area contributed by atoms with E-state index in [9.17, 15) is 9.18 Å². The van der Waals surface area contributed by atoms with Crippen LogP contribution >= 0.6 is 0 Å². The van der Waals surface area contributed by atoms with E-state index in [1.165, 1.54) is 6.07 Å². The molecule has 0 fully saturated rings. The summed E-state index contributed by atoms with van der Waals surface area (Å²) in [5.41, 5.74) is 1.04. The molecule has 5 heteroatoms. The lowest BCUT2D eigenvalue weighted by molar-refractivity contribution is -0.116. The fourth-order valence-corrected chi connectivity index (χ4v) is 1.69. The Balaban J connectivity index is 2.02. The Bertz CT molecular complexity index is 584. The number of amides is 1. The van der Waals surface area contributed by atoms with E-state index in [0.29, 0.717) is 23.6 Å². The van der Waals surface area contributed by atoms with Crippen LogP contribution in [-0.4, -0.2) is 10.9 Å². The second-order valence-corrected chi connectivity index (χ2v) is 4.34. The molecule has 1 heterocycles. The Morgan fingerprint density at radius 3 is 2.70 bits per heavy atom. The van der Waals surface area contributed by atoms with Crippen LogP contribution in [0.1, 0.15) is 19.8 Å². The van der Waals surface area contributed by atoms with Crippen molar-refractivity contribution >= 4 is 23.1 Å². The minimum atomic E-state index is -0.326. The van der Waals surface area contributed by atoms with E-state index in [2.05, 4.69) is 15.6 Å². The van der Waals surface area contributed by atoms with Gasteiger partial charge >= 0.3 is 0 Å². The Morgan fingerprint density at radius 2 is 2.05 bits per heavy atom. The fourth-order valence-electron chi connectivity index (χ4n) is 1.69. The van der Waals surface area contributed by atoms with Crippen LogP contribution < -0.4 is 10.6 Å². The number of nitrogens with zero attached hydrogens (tertiary/aromatic N) is 1. The highest BCUT2D eigenvalue weighted by Gasteiger charge is 2.03. The number of nitrogens with one attached hydrogen (secondary N) is 2. The predicted octanol–water partition coefficient (Wildman–Crippen LogP) is 3.70. The SMILES string of the molecule is CCCC(=O)Nc1ccc(Nc2ccccc2F)cn1. The van der Waals surface area contributed by atoms with E-state index >= 15 is 0 Å². The van der Waals surface area contributed by atoms with Crippen molar-refractivity contribution in [3.8, 4) is 0 Å². The molecule has 0 atom stereocenters. The number of para-hydroxylation sites is 1. The molecule has 2 rings (SSSR count). The normalized spacial score (nSPS) is 10.1. The quantitative estimate of drug-likeness (QED) is 0.873. The lowest BCUT2D eigenvalue weighted by Crippen LogP contribution is -2.11. The van der Waals surface area contributed by atoms with E-state index in [4.69, 9.17) is 0 Å². The van der Waals surface area contributed by atoms with Crippen molar-refractivity contribution in [2.45, 2.75) is 19.8 Å². The molecule has 0 unspecified atom stereocenters. The first kappa shape index (κ1) is 14.0. The zero-order valence-corrected chi connectivity index (χ0v) is 11.2. The van der Waals surface area contributed by atoms with Crippen molar-refractivity contribution in [3.63, 3.8) is 0 Å². The van der Waals surface area contributed by atoms with E-state index in [0.717, 1.165) is 6.42 Å². The molecule has 2 N–H and O–H groups in total. The first-order valence-electron chi connectivity index (χ1n) is 6.46. The Hall–Kier alpha value is -2.43. The summed E-state index contributed by atoms with van der Waals surface area (Å²) < 4.78 is 13.5.